The van der Waals surface area contributed by atoms with Crippen molar-refractivity contribution in [1.29, 1.82) is 0 Å². The molecular formula is C19H12FNO2. The summed E-state index contributed by atoms with van der Waals surface area (Å²) in [6.45, 7) is 0. The van der Waals surface area contributed by atoms with Crippen molar-refractivity contribution in [1.82, 2.24) is 4.98 Å². The number of nitrogens with zero attached hydrogens (tertiary/aromatic N) is 1. The maximum absolute atomic E-state index is 13.2. The van der Waals surface area contributed by atoms with Crippen LogP contribution in [0.25, 0.3) is 34.6 Å². The molecule has 0 radical (unpaired) electrons. The van der Waals surface area contributed by atoms with E-state index in [4.69, 9.17) is 8.83 Å². The highest BCUT2D eigenvalue weighted by molar-refractivity contribution is 5.80. The Kier molecular flexibility index (Phi) is 3.27. The topological polar surface area (TPSA) is 39.2 Å². The zero-order chi connectivity index (χ0) is 15.6. The maximum atomic E-state index is 13.2. The summed E-state index contributed by atoms with van der Waals surface area (Å²) in [6, 6.07) is 15.8. The van der Waals surface area contributed by atoms with Gasteiger partial charge in [-0.2, -0.15) is 0 Å². The van der Waals surface area contributed by atoms with Gasteiger partial charge in [0.25, 0.3) is 0 Å². The summed E-state index contributed by atoms with van der Waals surface area (Å²) in [5.74, 6) is 0.986. The first-order valence-corrected chi connectivity index (χ1v) is 7.16. The summed E-state index contributed by atoms with van der Waals surface area (Å²) < 4.78 is 24.2. The minimum Gasteiger partial charge on any atom is -0.464 e. The van der Waals surface area contributed by atoms with E-state index in [2.05, 4.69) is 4.98 Å². The minimum absolute atomic E-state index is 0.271. The lowest BCUT2D eigenvalue weighted by molar-refractivity contribution is 0.582. The number of furan rings is 1. The third kappa shape index (κ3) is 2.79. The van der Waals surface area contributed by atoms with Gasteiger partial charge >= 0.3 is 0 Å². The number of hydrogen-bond acceptors (Lipinski definition) is 3. The summed E-state index contributed by atoms with van der Waals surface area (Å²) in [6.07, 6.45) is 5.12. The van der Waals surface area contributed by atoms with Gasteiger partial charge in [0, 0.05) is 11.6 Å². The van der Waals surface area contributed by atoms with Gasteiger partial charge in [0.2, 0.25) is 5.89 Å². The molecule has 0 saturated heterocycles. The first-order chi connectivity index (χ1) is 11.3. The fourth-order valence-corrected chi connectivity index (χ4v) is 2.39. The molecule has 0 aliphatic carbocycles. The molecule has 0 atom stereocenters. The Balaban J connectivity index is 1.66. The van der Waals surface area contributed by atoms with Crippen molar-refractivity contribution in [3.05, 3.63) is 78.1 Å². The highest BCUT2D eigenvalue weighted by Crippen LogP contribution is 2.25. The van der Waals surface area contributed by atoms with Crippen LogP contribution < -0.4 is 0 Å². The van der Waals surface area contributed by atoms with Gasteiger partial charge in [-0.25, -0.2) is 9.37 Å². The van der Waals surface area contributed by atoms with Gasteiger partial charge in [-0.05, 0) is 54.1 Å². The lowest BCUT2D eigenvalue weighted by Gasteiger charge is -1.94. The van der Waals surface area contributed by atoms with Crippen LogP contribution in [0.4, 0.5) is 4.39 Å². The van der Waals surface area contributed by atoms with Crippen LogP contribution in [0.5, 0.6) is 0 Å². The number of benzene rings is 2. The monoisotopic (exact) mass is 305 g/mol. The zero-order valence-electron chi connectivity index (χ0n) is 12.1. The molecule has 4 heteroatoms. The summed E-state index contributed by atoms with van der Waals surface area (Å²) >= 11 is 0. The average Bonchev–Trinajstić information content (AvgIpc) is 3.21. The maximum Gasteiger partial charge on any atom is 0.220 e. The number of rotatable bonds is 3. The predicted octanol–water partition coefficient (Wildman–Crippen LogP) is 5.40. The summed E-state index contributed by atoms with van der Waals surface area (Å²) in [4.78, 5) is 4.43. The molecule has 3 nitrogen and oxygen atoms in total. The van der Waals surface area contributed by atoms with Crippen molar-refractivity contribution in [2.24, 2.45) is 0 Å². The summed E-state index contributed by atoms with van der Waals surface area (Å²) in [7, 11) is 0. The van der Waals surface area contributed by atoms with Gasteiger partial charge in [-0.3, -0.25) is 0 Å². The van der Waals surface area contributed by atoms with Gasteiger partial charge in [0.15, 0.2) is 5.58 Å². The van der Waals surface area contributed by atoms with Crippen LogP contribution in [0.1, 0.15) is 11.5 Å². The Morgan fingerprint density at radius 2 is 1.91 bits per heavy atom. The Bertz CT molecular complexity index is 984. The molecule has 2 heterocycles. The van der Waals surface area contributed by atoms with Gasteiger partial charge in [0.1, 0.15) is 17.1 Å². The van der Waals surface area contributed by atoms with Gasteiger partial charge in [-0.15, -0.1) is 0 Å². The number of oxazole rings is 1. The first-order valence-electron chi connectivity index (χ1n) is 7.16. The molecular weight excluding hydrogens is 293 g/mol. The van der Waals surface area contributed by atoms with E-state index in [9.17, 15) is 4.39 Å². The molecule has 4 rings (SSSR count). The van der Waals surface area contributed by atoms with Crippen LogP contribution in [0, 0.1) is 5.82 Å². The van der Waals surface area contributed by atoms with E-state index in [0.29, 0.717) is 11.5 Å². The van der Waals surface area contributed by atoms with Crippen molar-refractivity contribution in [3.63, 3.8) is 0 Å². The molecule has 0 N–H and O–H groups in total. The van der Waals surface area contributed by atoms with Crippen LogP contribution in [0.15, 0.2) is 69.7 Å². The van der Waals surface area contributed by atoms with Gasteiger partial charge in [0.05, 0.1) is 6.26 Å². The third-order valence-corrected chi connectivity index (χ3v) is 3.48. The SMILES string of the molecule is Fc1cccc(/C=C/c2nc3cc(-c4ccco4)ccc3o2)c1. The Morgan fingerprint density at radius 1 is 0.957 bits per heavy atom. The number of halogens is 1. The second-order valence-electron chi connectivity index (χ2n) is 5.10. The zero-order valence-corrected chi connectivity index (χ0v) is 12.1. The molecule has 112 valence electrons. The fraction of sp³-hybridized carbons (Fsp3) is 0. The highest BCUT2D eigenvalue weighted by atomic mass is 19.1. The molecule has 23 heavy (non-hydrogen) atoms. The molecule has 0 amide bonds. The number of fused-ring (bicyclic) bond motifs is 1. The van der Waals surface area contributed by atoms with Crippen LogP contribution in [0.3, 0.4) is 0 Å². The lowest BCUT2D eigenvalue weighted by atomic mass is 10.1. The predicted molar refractivity (Wildman–Crippen MR) is 87.0 cm³/mol. The molecule has 0 bridgehead atoms. The normalized spacial score (nSPS) is 11.5. The van der Waals surface area contributed by atoms with Gasteiger partial charge < -0.3 is 8.83 Å². The standard InChI is InChI=1S/C19H12FNO2/c20-15-4-1-3-13(11-15)6-9-19-21-16-12-14(7-8-18(16)23-19)17-5-2-10-22-17/h1-12H/b9-6+. The first kappa shape index (κ1) is 13.5. The highest BCUT2D eigenvalue weighted by Gasteiger charge is 2.07. The van der Waals surface area contributed by atoms with Crippen molar-refractivity contribution in [3.8, 4) is 11.3 Å². The molecule has 2 aromatic heterocycles. The Labute approximate surface area is 131 Å². The van der Waals surface area contributed by atoms with Crippen LogP contribution in [-0.2, 0) is 0 Å². The summed E-state index contributed by atoms with van der Waals surface area (Å²) in [5, 5.41) is 0. The van der Waals surface area contributed by atoms with E-state index in [1.54, 1.807) is 24.5 Å². The molecule has 4 aromatic rings. The number of aromatic nitrogens is 1. The largest absolute Gasteiger partial charge is 0.464 e. The Morgan fingerprint density at radius 3 is 2.74 bits per heavy atom. The van der Waals surface area contributed by atoms with Crippen molar-refractivity contribution >= 4 is 23.3 Å². The van der Waals surface area contributed by atoms with Gasteiger partial charge in [-0.1, -0.05) is 12.1 Å². The molecule has 0 saturated carbocycles. The van der Waals surface area contributed by atoms with E-state index in [-0.39, 0.29) is 5.82 Å². The molecule has 0 fully saturated rings. The van der Waals surface area contributed by atoms with Crippen molar-refractivity contribution < 1.29 is 13.2 Å². The summed E-state index contributed by atoms with van der Waals surface area (Å²) in [5.41, 5.74) is 3.14. The van der Waals surface area contributed by atoms with E-state index in [1.807, 2.05) is 36.4 Å². The second-order valence-corrected chi connectivity index (χ2v) is 5.10. The minimum atomic E-state index is -0.271. The smallest absolute Gasteiger partial charge is 0.220 e. The molecule has 0 aliphatic heterocycles. The fourth-order valence-electron chi connectivity index (χ4n) is 2.39. The number of hydrogen-bond donors (Lipinski definition) is 0. The van der Waals surface area contributed by atoms with E-state index < -0.39 is 0 Å². The van der Waals surface area contributed by atoms with Crippen LogP contribution >= 0.6 is 0 Å². The van der Waals surface area contributed by atoms with E-state index in [1.165, 1.54) is 12.1 Å². The molecule has 0 unspecified atom stereocenters. The van der Waals surface area contributed by atoms with Crippen LogP contribution in [0.2, 0.25) is 0 Å². The molecule has 0 aliphatic rings. The lowest BCUT2D eigenvalue weighted by Crippen LogP contribution is -1.76. The van der Waals surface area contributed by atoms with Crippen LogP contribution in [-0.4, -0.2) is 4.98 Å². The average molecular weight is 305 g/mol. The second kappa shape index (κ2) is 5.57. The van der Waals surface area contributed by atoms with E-state index >= 15 is 0 Å². The van der Waals surface area contributed by atoms with E-state index in [0.717, 1.165) is 22.4 Å². The molecule has 0 spiro atoms. The quantitative estimate of drug-likeness (QED) is 0.509. The van der Waals surface area contributed by atoms with Crippen molar-refractivity contribution in [2.75, 3.05) is 0 Å². The third-order valence-electron chi connectivity index (χ3n) is 3.48. The van der Waals surface area contributed by atoms with Crippen molar-refractivity contribution in [2.45, 2.75) is 0 Å². The Hall–Kier alpha value is -3.14. The molecule has 2 aromatic carbocycles.